The van der Waals surface area contributed by atoms with Crippen LogP contribution in [0.25, 0.3) is 0 Å². The molecule has 1 unspecified atom stereocenters. The van der Waals surface area contributed by atoms with Gasteiger partial charge in [-0.1, -0.05) is 34.6 Å². The predicted octanol–water partition coefficient (Wildman–Crippen LogP) is 3.45. The molecule has 0 saturated heterocycles. The van der Waals surface area contributed by atoms with Crippen molar-refractivity contribution in [3.8, 4) is 0 Å². The van der Waals surface area contributed by atoms with Crippen molar-refractivity contribution in [2.75, 3.05) is 13.6 Å². The molecule has 0 heterocycles. The first-order valence-electron chi connectivity index (χ1n) is 5.47. The molecule has 0 radical (unpaired) electrons. The van der Waals surface area contributed by atoms with Gasteiger partial charge in [0, 0.05) is 6.54 Å². The Morgan fingerprint density at radius 2 is 1.54 bits per heavy atom. The van der Waals surface area contributed by atoms with Crippen LogP contribution >= 0.6 is 0 Å². The van der Waals surface area contributed by atoms with Crippen molar-refractivity contribution in [1.82, 2.24) is 5.32 Å². The van der Waals surface area contributed by atoms with E-state index in [9.17, 15) is 0 Å². The molecule has 0 aromatic heterocycles. The van der Waals surface area contributed by atoms with Crippen molar-refractivity contribution in [3.05, 3.63) is 0 Å². The molecule has 0 amide bonds. The van der Waals surface area contributed by atoms with Crippen LogP contribution in [0.4, 0.5) is 0 Å². The lowest BCUT2D eigenvalue weighted by Gasteiger charge is -2.31. The molecule has 0 aliphatic rings. The Labute approximate surface area is 84.3 Å². The van der Waals surface area contributed by atoms with Crippen LogP contribution in [0.2, 0.25) is 0 Å². The summed E-state index contributed by atoms with van der Waals surface area (Å²) in [5, 5.41) is 3.30. The lowest BCUT2D eigenvalue weighted by atomic mass is 9.77. The van der Waals surface area contributed by atoms with Crippen LogP contribution in [-0.4, -0.2) is 13.6 Å². The summed E-state index contributed by atoms with van der Waals surface area (Å²) in [6.45, 7) is 12.8. The van der Waals surface area contributed by atoms with E-state index >= 15 is 0 Å². The van der Waals surface area contributed by atoms with Crippen LogP contribution in [0, 0.1) is 10.8 Å². The topological polar surface area (TPSA) is 12.0 Å². The average molecular weight is 185 g/mol. The van der Waals surface area contributed by atoms with Crippen LogP contribution in [-0.2, 0) is 0 Å². The van der Waals surface area contributed by atoms with E-state index in [1.807, 2.05) is 7.05 Å². The molecule has 80 valence electrons. The first kappa shape index (κ1) is 13.0. The molecular weight excluding hydrogens is 158 g/mol. The van der Waals surface area contributed by atoms with Gasteiger partial charge in [0.25, 0.3) is 0 Å². The fourth-order valence-electron chi connectivity index (χ4n) is 1.49. The van der Waals surface area contributed by atoms with E-state index in [4.69, 9.17) is 0 Å². The van der Waals surface area contributed by atoms with Crippen molar-refractivity contribution in [3.63, 3.8) is 0 Å². The number of hydrogen-bond donors (Lipinski definition) is 1. The third-order valence-corrected chi connectivity index (χ3v) is 2.94. The Kier molecular flexibility index (Phi) is 4.98. The molecule has 0 aromatic carbocycles. The minimum atomic E-state index is 0.476. The van der Waals surface area contributed by atoms with Gasteiger partial charge in [0.1, 0.15) is 0 Å². The molecule has 1 heteroatoms. The van der Waals surface area contributed by atoms with E-state index in [0.29, 0.717) is 10.8 Å². The van der Waals surface area contributed by atoms with Crippen molar-refractivity contribution < 1.29 is 0 Å². The molecule has 0 rings (SSSR count). The summed E-state index contributed by atoms with van der Waals surface area (Å²) in [6, 6.07) is 0. The maximum Gasteiger partial charge on any atom is 0.000206 e. The summed E-state index contributed by atoms with van der Waals surface area (Å²) in [7, 11) is 2.05. The standard InChI is InChI=1S/C12H27N/c1-7-12(5,10-13-6)9-8-11(2,3)4/h13H,7-10H2,1-6H3. The average Bonchev–Trinajstić information content (AvgIpc) is 2.01. The van der Waals surface area contributed by atoms with Gasteiger partial charge in [0.15, 0.2) is 0 Å². The number of hydrogen-bond acceptors (Lipinski definition) is 1. The van der Waals surface area contributed by atoms with Gasteiger partial charge in [-0.05, 0) is 37.1 Å². The van der Waals surface area contributed by atoms with E-state index in [1.54, 1.807) is 0 Å². The second kappa shape index (κ2) is 4.99. The molecule has 0 saturated carbocycles. The van der Waals surface area contributed by atoms with Gasteiger partial charge in [-0.3, -0.25) is 0 Å². The van der Waals surface area contributed by atoms with E-state index < -0.39 is 0 Å². The maximum atomic E-state index is 3.30. The predicted molar refractivity (Wildman–Crippen MR) is 61.0 cm³/mol. The highest BCUT2D eigenvalue weighted by atomic mass is 14.8. The summed E-state index contributed by atoms with van der Waals surface area (Å²) in [5.74, 6) is 0. The Hall–Kier alpha value is -0.0400. The highest BCUT2D eigenvalue weighted by Crippen LogP contribution is 2.32. The molecule has 0 bridgehead atoms. The second-order valence-corrected chi connectivity index (χ2v) is 5.76. The minimum absolute atomic E-state index is 0.476. The van der Waals surface area contributed by atoms with Gasteiger partial charge >= 0.3 is 0 Å². The van der Waals surface area contributed by atoms with E-state index in [2.05, 4.69) is 39.9 Å². The van der Waals surface area contributed by atoms with Crippen LogP contribution in [0.15, 0.2) is 0 Å². The van der Waals surface area contributed by atoms with E-state index in [-0.39, 0.29) is 0 Å². The first-order chi connectivity index (χ1) is 5.83. The first-order valence-corrected chi connectivity index (χ1v) is 5.47. The summed E-state index contributed by atoms with van der Waals surface area (Å²) in [5.41, 5.74) is 0.964. The molecule has 1 N–H and O–H groups in total. The Morgan fingerprint density at radius 1 is 1.00 bits per heavy atom. The van der Waals surface area contributed by atoms with Crippen molar-refractivity contribution >= 4 is 0 Å². The van der Waals surface area contributed by atoms with Crippen LogP contribution in [0.3, 0.4) is 0 Å². The molecule has 0 fully saturated rings. The fourth-order valence-corrected chi connectivity index (χ4v) is 1.49. The highest BCUT2D eigenvalue weighted by molar-refractivity contribution is 4.77. The van der Waals surface area contributed by atoms with Gasteiger partial charge in [-0.25, -0.2) is 0 Å². The lowest BCUT2D eigenvalue weighted by Crippen LogP contribution is -2.30. The van der Waals surface area contributed by atoms with Gasteiger partial charge in [-0.15, -0.1) is 0 Å². The Balaban J connectivity index is 3.97. The minimum Gasteiger partial charge on any atom is -0.319 e. The molecule has 0 aliphatic heterocycles. The second-order valence-electron chi connectivity index (χ2n) is 5.76. The Morgan fingerprint density at radius 3 is 1.85 bits per heavy atom. The number of rotatable bonds is 5. The van der Waals surface area contributed by atoms with Crippen molar-refractivity contribution in [1.29, 1.82) is 0 Å². The molecular formula is C12H27N. The van der Waals surface area contributed by atoms with Gasteiger partial charge in [0.05, 0.1) is 0 Å². The van der Waals surface area contributed by atoms with Crippen LogP contribution < -0.4 is 5.32 Å². The van der Waals surface area contributed by atoms with Crippen molar-refractivity contribution in [2.24, 2.45) is 10.8 Å². The third-order valence-electron chi connectivity index (χ3n) is 2.94. The summed E-state index contributed by atoms with van der Waals surface area (Å²) < 4.78 is 0. The molecule has 1 nitrogen and oxygen atoms in total. The molecule has 0 aromatic rings. The summed E-state index contributed by atoms with van der Waals surface area (Å²) in [6.07, 6.45) is 3.91. The Bertz CT molecular complexity index is 135. The lowest BCUT2D eigenvalue weighted by molar-refractivity contribution is 0.222. The monoisotopic (exact) mass is 185 g/mol. The van der Waals surface area contributed by atoms with Crippen molar-refractivity contribution in [2.45, 2.75) is 53.9 Å². The smallest absolute Gasteiger partial charge is 0.000206 e. The zero-order chi connectivity index (χ0) is 10.5. The third kappa shape index (κ3) is 6.09. The summed E-state index contributed by atoms with van der Waals surface area (Å²) >= 11 is 0. The largest absolute Gasteiger partial charge is 0.319 e. The van der Waals surface area contributed by atoms with Gasteiger partial charge < -0.3 is 5.32 Å². The van der Waals surface area contributed by atoms with Gasteiger partial charge in [-0.2, -0.15) is 0 Å². The van der Waals surface area contributed by atoms with E-state index in [1.165, 1.54) is 19.3 Å². The van der Waals surface area contributed by atoms with Gasteiger partial charge in [0.2, 0.25) is 0 Å². The zero-order valence-corrected chi connectivity index (χ0v) is 10.3. The maximum absolute atomic E-state index is 3.30. The summed E-state index contributed by atoms with van der Waals surface area (Å²) in [4.78, 5) is 0. The fraction of sp³-hybridized carbons (Fsp3) is 1.00. The van der Waals surface area contributed by atoms with Crippen LogP contribution in [0.1, 0.15) is 53.9 Å². The molecule has 13 heavy (non-hydrogen) atoms. The molecule has 0 aliphatic carbocycles. The van der Waals surface area contributed by atoms with E-state index in [0.717, 1.165) is 6.54 Å². The molecule has 0 spiro atoms. The zero-order valence-electron chi connectivity index (χ0n) is 10.3. The normalized spacial score (nSPS) is 17.1. The quantitative estimate of drug-likeness (QED) is 0.692. The highest BCUT2D eigenvalue weighted by Gasteiger charge is 2.23. The molecule has 1 atom stereocenters. The van der Waals surface area contributed by atoms with Crippen LogP contribution in [0.5, 0.6) is 0 Å². The number of nitrogens with one attached hydrogen (secondary N) is 1. The SMILES string of the molecule is CCC(C)(CCC(C)(C)C)CNC.